The van der Waals surface area contributed by atoms with Crippen molar-refractivity contribution in [2.75, 3.05) is 0 Å². The molecule has 2 rings (SSSR count). The summed E-state index contributed by atoms with van der Waals surface area (Å²) in [6.45, 7) is 1.56. The van der Waals surface area contributed by atoms with Crippen LogP contribution in [-0.4, -0.2) is 5.11 Å². The lowest BCUT2D eigenvalue weighted by atomic mass is 10.1. The second-order valence-electron chi connectivity index (χ2n) is 3.70. The Balaban J connectivity index is 2.18. The molecule has 0 fully saturated rings. The van der Waals surface area contributed by atoms with Gasteiger partial charge in [0.1, 0.15) is 11.6 Å². The van der Waals surface area contributed by atoms with Gasteiger partial charge in [0.05, 0.1) is 18.1 Å². The zero-order chi connectivity index (χ0) is 12.3. The van der Waals surface area contributed by atoms with Crippen LogP contribution in [0.3, 0.4) is 0 Å². The van der Waals surface area contributed by atoms with Crippen LogP contribution in [0.4, 0.5) is 4.39 Å². The van der Waals surface area contributed by atoms with Crippen LogP contribution in [0.2, 0.25) is 0 Å². The van der Waals surface area contributed by atoms with Gasteiger partial charge in [0, 0.05) is 10.5 Å². The van der Waals surface area contributed by atoms with Crippen molar-refractivity contribution in [2.45, 2.75) is 23.7 Å². The van der Waals surface area contributed by atoms with E-state index in [2.05, 4.69) is 0 Å². The Kier molecular flexibility index (Phi) is 3.86. The normalized spacial score (nSPS) is 12.6. The molecule has 1 heterocycles. The van der Waals surface area contributed by atoms with Crippen molar-refractivity contribution in [1.82, 2.24) is 0 Å². The quantitative estimate of drug-likeness (QED) is 0.841. The highest BCUT2D eigenvalue weighted by Gasteiger charge is 2.14. The molecule has 0 saturated heterocycles. The van der Waals surface area contributed by atoms with E-state index >= 15 is 0 Å². The number of aliphatic hydroxyl groups excluding tert-OH is 1. The number of rotatable bonds is 4. The third-order valence-electron chi connectivity index (χ3n) is 2.38. The zero-order valence-electron chi connectivity index (χ0n) is 9.39. The first kappa shape index (κ1) is 12.2. The molecule has 0 bridgehead atoms. The van der Waals surface area contributed by atoms with Gasteiger partial charge in [0.2, 0.25) is 0 Å². The van der Waals surface area contributed by atoms with Gasteiger partial charge in [-0.2, -0.15) is 0 Å². The molecule has 1 N–H and O–H groups in total. The van der Waals surface area contributed by atoms with E-state index in [1.54, 1.807) is 25.3 Å². The lowest BCUT2D eigenvalue weighted by molar-refractivity contribution is 0.191. The number of hydrogen-bond acceptors (Lipinski definition) is 3. The van der Waals surface area contributed by atoms with Gasteiger partial charge in [0.15, 0.2) is 0 Å². The second-order valence-corrected chi connectivity index (χ2v) is 4.71. The molecular weight excluding hydrogens is 239 g/mol. The Morgan fingerprint density at radius 2 is 2.18 bits per heavy atom. The maximum atomic E-state index is 13.6. The molecular formula is C13H13FO2S. The first-order valence-corrected chi connectivity index (χ1v) is 6.28. The number of aliphatic hydroxyl groups is 1. The maximum absolute atomic E-state index is 13.6. The van der Waals surface area contributed by atoms with Crippen LogP contribution in [-0.2, 0) is 5.75 Å². The molecule has 0 amide bonds. The number of hydrogen-bond donors (Lipinski definition) is 1. The fraction of sp³-hybridized carbons (Fsp3) is 0.231. The minimum atomic E-state index is -0.810. The lowest BCUT2D eigenvalue weighted by Crippen LogP contribution is -1.98. The number of halogens is 1. The zero-order valence-corrected chi connectivity index (χ0v) is 10.2. The van der Waals surface area contributed by atoms with Crippen LogP contribution in [0.15, 0.2) is 45.9 Å². The molecule has 0 unspecified atom stereocenters. The third-order valence-corrected chi connectivity index (χ3v) is 3.48. The molecule has 0 aliphatic carbocycles. The van der Waals surface area contributed by atoms with E-state index < -0.39 is 6.10 Å². The van der Waals surface area contributed by atoms with E-state index in [4.69, 9.17) is 4.42 Å². The molecule has 2 aromatic rings. The Morgan fingerprint density at radius 1 is 1.35 bits per heavy atom. The van der Waals surface area contributed by atoms with Crippen LogP contribution < -0.4 is 0 Å². The number of benzene rings is 1. The van der Waals surface area contributed by atoms with E-state index in [1.807, 2.05) is 12.1 Å². The summed E-state index contributed by atoms with van der Waals surface area (Å²) >= 11 is 1.45. The predicted molar refractivity (Wildman–Crippen MR) is 65.3 cm³/mol. The van der Waals surface area contributed by atoms with Crippen LogP contribution in [0.25, 0.3) is 0 Å². The highest BCUT2D eigenvalue weighted by molar-refractivity contribution is 7.98. The van der Waals surface area contributed by atoms with Crippen molar-refractivity contribution in [1.29, 1.82) is 0 Å². The van der Waals surface area contributed by atoms with Crippen LogP contribution in [0.1, 0.15) is 24.4 Å². The fourth-order valence-electron chi connectivity index (χ4n) is 1.59. The largest absolute Gasteiger partial charge is 0.468 e. The highest BCUT2D eigenvalue weighted by atomic mass is 32.2. The molecule has 0 radical (unpaired) electrons. The Morgan fingerprint density at radius 3 is 2.82 bits per heavy atom. The standard InChI is InChI=1S/C13H13FO2S/c1-9(15)13-11(14)5-2-6-12(13)17-8-10-4-3-7-16-10/h2-7,9,15H,8H2,1H3/t9-/m0/s1. The summed E-state index contributed by atoms with van der Waals surface area (Å²) < 4.78 is 18.8. The summed E-state index contributed by atoms with van der Waals surface area (Å²) in [5, 5.41) is 9.57. The molecule has 2 nitrogen and oxygen atoms in total. The van der Waals surface area contributed by atoms with E-state index in [-0.39, 0.29) is 5.82 Å². The average Bonchev–Trinajstić information content (AvgIpc) is 2.78. The topological polar surface area (TPSA) is 33.4 Å². The van der Waals surface area contributed by atoms with Crippen molar-refractivity contribution in [2.24, 2.45) is 0 Å². The van der Waals surface area contributed by atoms with Crippen molar-refractivity contribution in [3.8, 4) is 0 Å². The van der Waals surface area contributed by atoms with Gasteiger partial charge in [-0.15, -0.1) is 11.8 Å². The second kappa shape index (κ2) is 5.38. The van der Waals surface area contributed by atoms with Gasteiger partial charge in [-0.25, -0.2) is 4.39 Å². The van der Waals surface area contributed by atoms with E-state index in [9.17, 15) is 9.50 Å². The molecule has 0 aliphatic heterocycles. The molecule has 1 aromatic heterocycles. The fourth-order valence-corrected chi connectivity index (χ4v) is 2.65. The molecule has 0 saturated carbocycles. The van der Waals surface area contributed by atoms with E-state index in [0.717, 1.165) is 10.7 Å². The number of thioether (sulfide) groups is 1. The van der Waals surface area contributed by atoms with Crippen LogP contribution in [0, 0.1) is 5.82 Å². The van der Waals surface area contributed by atoms with Gasteiger partial charge >= 0.3 is 0 Å². The van der Waals surface area contributed by atoms with Crippen LogP contribution >= 0.6 is 11.8 Å². The molecule has 17 heavy (non-hydrogen) atoms. The Labute approximate surface area is 103 Å². The summed E-state index contributed by atoms with van der Waals surface area (Å²) in [4.78, 5) is 0.747. The summed E-state index contributed by atoms with van der Waals surface area (Å²) in [7, 11) is 0. The lowest BCUT2D eigenvalue weighted by Gasteiger charge is -2.11. The Hall–Kier alpha value is -1.26. The first-order chi connectivity index (χ1) is 8.18. The van der Waals surface area contributed by atoms with Gasteiger partial charge in [-0.05, 0) is 31.2 Å². The van der Waals surface area contributed by atoms with Crippen molar-refractivity contribution >= 4 is 11.8 Å². The number of furan rings is 1. The molecule has 0 aliphatic rings. The molecule has 1 aromatic carbocycles. The SMILES string of the molecule is C[C@H](O)c1c(F)cccc1SCc1ccco1. The third kappa shape index (κ3) is 2.90. The highest BCUT2D eigenvalue weighted by Crippen LogP contribution is 2.31. The molecule has 1 atom stereocenters. The van der Waals surface area contributed by atoms with Crippen molar-refractivity contribution < 1.29 is 13.9 Å². The van der Waals surface area contributed by atoms with Crippen LogP contribution in [0.5, 0.6) is 0 Å². The monoisotopic (exact) mass is 252 g/mol. The summed E-state index contributed by atoms with van der Waals surface area (Å²) in [5.41, 5.74) is 0.351. The summed E-state index contributed by atoms with van der Waals surface area (Å²) in [6, 6.07) is 8.49. The minimum Gasteiger partial charge on any atom is -0.468 e. The molecule has 90 valence electrons. The summed E-state index contributed by atoms with van der Waals surface area (Å²) in [5.74, 6) is 1.08. The van der Waals surface area contributed by atoms with Gasteiger partial charge in [-0.3, -0.25) is 0 Å². The minimum absolute atomic E-state index is 0.351. The van der Waals surface area contributed by atoms with Crippen molar-refractivity contribution in [3.63, 3.8) is 0 Å². The Bertz CT molecular complexity index is 480. The van der Waals surface area contributed by atoms with Gasteiger partial charge in [-0.1, -0.05) is 6.07 Å². The predicted octanol–water partition coefficient (Wildman–Crippen LogP) is 3.76. The average molecular weight is 252 g/mol. The van der Waals surface area contributed by atoms with Gasteiger partial charge < -0.3 is 9.52 Å². The van der Waals surface area contributed by atoms with Crippen molar-refractivity contribution in [3.05, 3.63) is 53.7 Å². The maximum Gasteiger partial charge on any atom is 0.130 e. The van der Waals surface area contributed by atoms with E-state index in [0.29, 0.717) is 11.3 Å². The summed E-state index contributed by atoms with van der Waals surface area (Å²) in [6.07, 6.45) is 0.798. The first-order valence-electron chi connectivity index (χ1n) is 5.30. The molecule has 0 spiro atoms. The molecule has 4 heteroatoms. The van der Waals surface area contributed by atoms with E-state index in [1.165, 1.54) is 17.8 Å². The smallest absolute Gasteiger partial charge is 0.130 e. The van der Waals surface area contributed by atoms with Gasteiger partial charge in [0.25, 0.3) is 0 Å².